The monoisotopic (exact) mass is 366 g/mol. The second-order valence-corrected chi connectivity index (χ2v) is 6.20. The molecule has 27 heavy (non-hydrogen) atoms. The predicted molar refractivity (Wildman–Crippen MR) is 101 cm³/mol. The van der Waals surface area contributed by atoms with Crippen molar-refractivity contribution in [1.29, 1.82) is 0 Å². The Morgan fingerprint density at radius 3 is 2.56 bits per heavy atom. The van der Waals surface area contributed by atoms with Crippen molar-refractivity contribution in [2.24, 2.45) is 0 Å². The van der Waals surface area contributed by atoms with Gasteiger partial charge >= 0.3 is 11.9 Å². The summed E-state index contributed by atoms with van der Waals surface area (Å²) in [6, 6.07) is 15.9. The molecule has 1 heterocycles. The number of benzene rings is 2. The van der Waals surface area contributed by atoms with Crippen LogP contribution in [0.2, 0.25) is 0 Å². The summed E-state index contributed by atoms with van der Waals surface area (Å²) < 4.78 is 12.1. The summed E-state index contributed by atoms with van der Waals surface area (Å²) in [7, 11) is 0. The van der Waals surface area contributed by atoms with Crippen molar-refractivity contribution in [2.75, 3.05) is 6.61 Å². The summed E-state index contributed by atoms with van der Waals surface area (Å²) in [6.45, 7) is 4.73. The average Bonchev–Trinajstić information content (AvgIpc) is 2.96. The van der Waals surface area contributed by atoms with Crippen LogP contribution in [0.4, 0.5) is 0 Å². The molecule has 0 unspecified atom stereocenters. The van der Waals surface area contributed by atoms with Gasteiger partial charge in [0.15, 0.2) is 0 Å². The first-order valence-corrected chi connectivity index (χ1v) is 8.87. The predicted octanol–water partition coefficient (Wildman–Crippen LogP) is 3.39. The highest BCUT2D eigenvalue weighted by Gasteiger charge is 2.12. The second kappa shape index (κ2) is 8.49. The van der Waals surface area contributed by atoms with Crippen molar-refractivity contribution in [3.63, 3.8) is 0 Å². The molecule has 6 nitrogen and oxygen atoms in total. The number of rotatable bonds is 7. The zero-order valence-corrected chi connectivity index (χ0v) is 15.5. The third-order valence-corrected chi connectivity index (χ3v) is 4.17. The Morgan fingerprint density at radius 2 is 1.74 bits per heavy atom. The van der Waals surface area contributed by atoms with Crippen LogP contribution in [0.1, 0.15) is 30.3 Å². The summed E-state index contributed by atoms with van der Waals surface area (Å²) >= 11 is 0. The van der Waals surface area contributed by atoms with Crippen LogP contribution in [0.15, 0.2) is 48.5 Å². The Labute approximate surface area is 157 Å². The molecule has 0 aliphatic carbocycles. The van der Waals surface area contributed by atoms with E-state index in [0.29, 0.717) is 6.54 Å². The van der Waals surface area contributed by atoms with Gasteiger partial charge in [-0.05, 0) is 37.1 Å². The minimum absolute atomic E-state index is 0.121. The van der Waals surface area contributed by atoms with Crippen LogP contribution in [0.25, 0.3) is 11.0 Å². The number of aromatic nitrogens is 2. The number of fused-ring (bicyclic) bond motifs is 1. The van der Waals surface area contributed by atoms with Gasteiger partial charge in [0.05, 0.1) is 17.6 Å². The van der Waals surface area contributed by atoms with Crippen LogP contribution in [0.5, 0.6) is 0 Å². The molecule has 0 radical (unpaired) electrons. The molecule has 3 rings (SSSR count). The number of hydrogen-bond donors (Lipinski definition) is 0. The lowest BCUT2D eigenvalue weighted by atomic mass is 10.1. The number of carbonyl (C=O) groups excluding carboxylic acids is 2. The molecule has 0 N–H and O–H groups in total. The quantitative estimate of drug-likeness (QED) is 0.473. The van der Waals surface area contributed by atoms with Gasteiger partial charge in [0.1, 0.15) is 18.9 Å². The van der Waals surface area contributed by atoms with Crippen molar-refractivity contribution in [1.82, 2.24) is 9.55 Å². The maximum Gasteiger partial charge on any atom is 0.317 e. The fraction of sp³-hybridized carbons (Fsp3) is 0.286. The Balaban J connectivity index is 1.66. The highest BCUT2D eigenvalue weighted by atomic mass is 16.6. The normalized spacial score (nSPS) is 10.7. The van der Waals surface area contributed by atoms with E-state index in [1.54, 1.807) is 6.92 Å². The summed E-state index contributed by atoms with van der Waals surface area (Å²) in [5, 5.41) is 0. The molecular formula is C21H22N2O4. The van der Waals surface area contributed by atoms with E-state index in [-0.39, 0.29) is 19.6 Å². The van der Waals surface area contributed by atoms with E-state index in [0.717, 1.165) is 28.0 Å². The van der Waals surface area contributed by atoms with E-state index in [1.165, 1.54) is 0 Å². The van der Waals surface area contributed by atoms with Crippen LogP contribution in [-0.2, 0) is 32.2 Å². The molecule has 0 aliphatic rings. The highest BCUT2D eigenvalue weighted by Crippen LogP contribution is 2.18. The topological polar surface area (TPSA) is 70.4 Å². The minimum Gasteiger partial charge on any atom is -0.466 e. The van der Waals surface area contributed by atoms with Crippen molar-refractivity contribution >= 4 is 23.0 Å². The van der Waals surface area contributed by atoms with Crippen LogP contribution < -0.4 is 0 Å². The molecule has 0 amide bonds. The molecule has 0 saturated heterocycles. The van der Waals surface area contributed by atoms with Gasteiger partial charge in [-0.25, -0.2) is 4.98 Å². The smallest absolute Gasteiger partial charge is 0.317 e. The highest BCUT2D eigenvalue weighted by molar-refractivity contribution is 5.91. The Morgan fingerprint density at radius 1 is 1.00 bits per heavy atom. The Bertz CT molecular complexity index is 962. The number of esters is 2. The Kier molecular flexibility index (Phi) is 5.86. The van der Waals surface area contributed by atoms with E-state index < -0.39 is 11.9 Å². The van der Waals surface area contributed by atoms with Gasteiger partial charge in [0, 0.05) is 6.54 Å². The van der Waals surface area contributed by atoms with Crippen LogP contribution >= 0.6 is 0 Å². The minimum atomic E-state index is -0.588. The van der Waals surface area contributed by atoms with Crippen molar-refractivity contribution in [3.8, 4) is 0 Å². The summed E-state index contributed by atoms with van der Waals surface area (Å²) in [5.74, 6) is -0.212. The first kappa shape index (κ1) is 18.6. The first-order chi connectivity index (χ1) is 13.1. The molecule has 0 aliphatic heterocycles. The van der Waals surface area contributed by atoms with Crippen LogP contribution in [0.3, 0.4) is 0 Å². The molecule has 0 fully saturated rings. The maximum absolute atomic E-state index is 11.7. The van der Waals surface area contributed by atoms with Gasteiger partial charge in [-0.15, -0.1) is 0 Å². The molecule has 0 atom stereocenters. The maximum atomic E-state index is 11.7. The van der Waals surface area contributed by atoms with Crippen molar-refractivity contribution in [2.45, 2.75) is 33.4 Å². The molecule has 0 saturated carbocycles. The average molecular weight is 366 g/mol. The molecule has 1 aromatic heterocycles. The number of hydrogen-bond acceptors (Lipinski definition) is 5. The van der Waals surface area contributed by atoms with Gasteiger partial charge in [-0.1, -0.05) is 36.4 Å². The van der Waals surface area contributed by atoms with Gasteiger partial charge < -0.3 is 14.0 Å². The fourth-order valence-electron chi connectivity index (χ4n) is 2.94. The van der Waals surface area contributed by atoms with E-state index in [1.807, 2.05) is 49.4 Å². The molecule has 6 heteroatoms. The number of nitrogens with zero attached hydrogens (tertiary/aromatic N) is 2. The number of imidazole rings is 1. The summed E-state index contributed by atoms with van der Waals surface area (Å²) in [4.78, 5) is 27.6. The third-order valence-electron chi connectivity index (χ3n) is 4.17. The number of ether oxygens (including phenoxy) is 2. The number of aryl methyl sites for hydroxylation is 1. The van der Waals surface area contributed by atoms with E-state index >= 15 is 0 Å². The largest absolute Gasteiger partial charge is 0.466 e. The summed E-state index contributed by atoms with van der Waals surface area (Å²) in [5.41, 5.74) is 4.01. The molecule has 140 valence electrons. The molecular weight excluding hydrogens is 344 g/mol. The first-order valence-electron chi connectivity index (χ1n) is 8.87. The van der Waals surface area contributed by atoms with Crippen LogP contribution in [-0.4, -0.2) is 28.1 Å². The molecule has 0 spiro atoms. The van der Waals surface area contributed by atoms with Crippen molar-refractivity contribution < 1.29 is 19.1 Å². The lowest BCUT2D eigenvalue weighted by Crippen LogP contribution is -2.13. The van der Waals surface area contributed by atoms with E-state index in [2.05, 4.69) is 15.6 Å². The van der Waals surface area contributed by atoms with Crippen LogP contribution in [0, 0.1) is 6.92 Å². The fourth-order valence-corrected chi connectivity index (χ4v) is 2.94. The Hall–Kier alpha value is -3.15. The van der Waals surface area contributed by atoms with Gasteiger partial charge in [0.2, 0.25) is 0 Å². The zero-order valence-electron chi connectivity index (χ0n) is 15.5. The van der Waals surface area contributed by atoms with E-state index in [4.69, 9.17) is 9.47 Å². The SMILES string of the molecule is CCOC(=O)CC(=O)OCc1cccc(Cn2c(C)nc3ccccc32)c1. The molecule has 2 aromatic carbocycles. The number of para-hydroxylation sites is 2. The number of carbonyl (C=O) groups is 2. The van der Waals surface area contributed by atoms with E-state index in [9.17, 15) is 9.59 Å². The molecule has 3 aromatic rings. The van der Waals surface area contributed by atoms with Gasteiger partial charge in [-0.3, -0.25) is 9.59 Å². The van der Waals surface area contributed by atoms with Crippen molar-refractivity contribution in [3.05, 3.63) is 65.5 Å². The lowest BCUT2D eigenvalue weighted by Gasteiger charge is -2.10. The second-order valence-electron chi connectivity index (χ2n) is 6.20. The van der Waals surface area contributed by atoms with Gasteiger partial charge in [-0.2, -0.15) is 0 Å². The molecule has 0 bridgehead atoms. The zero-order chi connectivity index (χ0) is 19.2. The van der Waals surface area contributed by atoms with Gasteiger partial charge in [0.25, 0.3) is 0 Å². The lowest BCUT2D eigenvalue weighted by molar-refractivity contribution is -0.155. The summed E-state index contributed by atoms with van der Waals surface area (Å²) in [6.07, 6.45) is -0.367. The third kappa shape index (κ3) is 4.73. The standard InChI is InChI=1S/C21H22N2O4/c1-3-26-20(24)12-21(25)27-14-17-8-6-7-16(11-17)13-23-15(2)22-18-9-4-5-10-19(18)23/h4-11H,3,12-14H2,1-2H3.